The second-order valence-corrected chi connectivity index (χ2v) is 4.74. The molecule has 2 atom stereocenters. The number of hydrogen-bond acceptors (Lipinski definition) is 1. The Kier molecular flexibility index (Phi) is 4.23. The first kappa shape index (κ1) is 11.3. The number of nitrogens with zero attached hydrogens (tertiary/aromatic N) is 1. The molecule has 0 aromatic rings. The molecule has 1 aliphatic rings. The van der Waals surface area contributed by atoms with E-state index in [1.54, 1.807) is 0 Å². The van der Waals surface area contributed by atoms with E-state index >= 15 is 0 Å². The molecule has 0 amide bonds. The van der Waals surface area contributed by atoms with Crippen molar-refractivity contribution < 1.29 is 0 Å². The van der Waals surface area contributed by atoms with Crippen LogP contribution in [0.25, 0.3) is 0 Å². The maximum absolute atomic E-state index is 5.79. The van der Waals surface area contributed by atoms with E-state index in [-0.39, 0.29) is 0 Å². The van der Waals surface area contributed by atoms with Gasteiger partial charge in [-0.15, -0.1) is 0 Å². The summed E-state index contributed by atoms with van der Waals surface area (Å²) in [6.45, 7) is 6.45. The number of rotatable bonds is 2. The van der Waals surface area contributed by atoms with Crippen molar-refractivity contribution in [1.82, 2.24) is 5.32 Å². The minimum atomic E-state index is 0.375. The highest BCUT2D eigenvalue weighted by Gasteiger charge is 2.18. The second kappa shape index (κ2) is 5.23. The Balaban J connectivity index is 2.40. The summed E-state index contributed by atoms with van der Waals surface area (Å²) in [6.07, 6.45) is 5.04. The molecular formula is C11H23N3. The maximum Gasteiger partial charge on any atom is 0.189 e. The Morgan fingerprint density at radius 1 is 1.43 bits per heavy atom. The molecule has 82 valence electrons. The van der Waals surface area contributed by atoms with Gasteiger partial charge in [-0.05, 0) is 32.6 Å². The normalized spacial score (nSPS) is 29.3. The van der Waals surface area contributed by atoms with Crippen molar-refractivity contribution >= 4 is 5.96 Å². The fraction of sp³-hybridized carbons (Fsp3) is 0.909. The molecule has 3 nitrogen and oxygen atoms in total. The molecule has 3 heteroatoms. The van der Waals surface area contributed by atoms with Crippen molar-refractivity contribution in [2.75, 3.05) is 0 Å². The molecular weight excluding hydrogens is 174 g/mol. The van der Waals surface area contributed by atoms with Crippen molar-refractivity contribution in [2.45, 2.75) is 58.5 Å². The zero-order chi connectivity index (χ0) is 10.6. The van der Waals surface area contributed by atoms with Crippen molar-refractivity contribution in [3.05, 3.63) is 0 Å². The largest absolute Gasteiger partial charge is 0.370 e. The molecule has 1 aliphatic carbocycles. The van der Waals surface area contributed by atoms with Gasteiger partial charge in [0, 0.05) is 6.04 Å². The molecule has 0 aromatic carbocycles. The SMILES string of the molecule is CC1CCCC(N=C(N)NC(C)C)C1. The van der Waals surface area contributed by atoms with Crippen LogP contribution < -0.4 is 11.1 Å². The van der Waals surface area contributed by atoms with Gasteiger partial charge in [-0.2, -0.15) is 0 Å². The molecule has 0 spiro atoms. The Bertz CT molecular complexity index is 199. The van der Waals surface area contributed by atoms with Crippen LogP contribution in [-0.2, 0) is 0 Å². The first-order valence-electron chi connectivity index (χ1n) is 5.67. The molecule has 0 saturated heterocycles. The van der Waals surface area contributed by atoms with Gasteiger partial charge in [-0.25, -0.2) is 0 Å². The summed E-state index contributed by atoms with van der Waals surface area (Å²) in [5.74, 6) is 1.42. The molecule has 1 saturated carbocycles. The zero-order valence-electron chi connectivity index (χ0n) is 9.59. The third-order valence-electron chi connectivity index (χ3n) is 2.67. The summed E-state index contributed by atoms with van der Waals surface area (Å²) < 4.78 is 0. The van der Waals surface area contributed by atoms with Crippen LogP contribution >= 0.6 is 0 Å². The summed E-state index contributed by atoms with van der Waals surface area (Å²) in [5.41, 5.74) is 5.79. The van der Waals surface area contributed by atoms with E-state index in [0.29, 0.717) is 18.0 Å². The van der Waals surface area contributed by atoms with Crippen LogP contribution in [0.2, 0.25) is 0 Å². The van der Waals surface area contributed by atoms with E-state index in [1.165, 1.54) is 25.7 Å². The van der Waals surface area contributed by atoms with Gasteiger partial charge in [-0.1, -0.05) is 19.8 Å². The molecule has 0 aliphatic heterocycles. The average Bonchev–Trinajstić information content (AvgIpc) is 2.01. The third-order valence-corrected chi connectivity index (χ3v) is 2.67. The first-order valence-corrected chi connectivity index (χ1v) is 5.67. The topological polar surface area (TPSA) is 50.4 Å². The Morgan fingerprint density at radius 3 is 2.71 bits per heavy atom. The van der Waals surface area contributed by atoms with Gasteiger partial charge in [0.15, 0.2) is 5.96 Å². The molecule has 0 heterocycles. The van der Waals surface area contributed by atoms with E-state index in [1.807, 2.05) is 0 Å². The van der Waals surface area contributed by atoms with Crippen LogP contribution in [0.15, 0.2) is 4.99 Å². The van der Waals surface area contributed by atoms with Gasteiger partial charge in [0.25, 0.3) is 0 Å². The number of nitrogens with two attached hydrogens (primary N) is 1. The van der Waals surface area contributed by atoms with Crippen LogP contribution in [0, 0.1) is 5.92 Å². The number of aliphatic imine (C=N–C) groups is 1. The predicted molar refractivity (Wildman–Crippen MR) is 61.3 cm³/mol. The summed E-state index contributed by atoms with van der Waals surface area (Å²) >= 11 is 0. The first-order chi connectivity index (χ1) is 6.58. The van der Waals surface area contributed by atoms with Crippen LogP contribution in [0.4, 0.5) is 0 Å². The van der Waals surface area contributed by atoms with Gasteiger partial charge >= 0.3 is 0 Å². The van der Waals surface area contributed by atoms with Gasteiger partial charge in [0.05, 0.1) is 6.04 Å². The summed E-state index contributed by atoms with van der Waals surface area (Å²) in [6, 6.07) is 0.824. The van der Waals surface area contributed by atoms with Gasteiger partial charge < -0.3 is 11.1 Å². The van der Waals surface area contributed by atoms with Crippen LogP contribution in [0.3, 0.4) is 0 Å². The lowest BCUT2D eigenvalue weighted by molar-refractivity contribution is 0.345. The lowest BCUT2D eigenvalue weighted by Gasteiger charge is -2.24. The smallest absolute Gasteiger partial charge is 0.189 e. The Labute approximate surface area is 87.2 Å². The molecule has 0 radical (unpaired) electrons. The standard InChI is InChI=1S/C11H23N3/c1-8(2)13-11(12)14-10-6-4-5-9(3)7-10/h8-10H,4-7H2,1-3H3,(H3,12,13,14). The molecule has 1 fully saturated rings. The monoisotopic (exact) mass is 197 g/mol. The highest BCUT2D eigenvalue weighted by Crippen LogP contribution is 2.25. The number of guanidine groups is 1. The van der Waals surface area contributed by atoms with E-state index in [0.717, 1.165) is 5.92 Å². The van der Waals surface area contributed by atoms with Crippen molar-refractivity contribution in [3.63, 3.8) is 0 Å². The van der Waals surface area contributed by atoms with Crippen LogP contribution in [-0.4, -0.2) is 18.0 Å². The molecule has 0 aromatic heterocycles. The second-order valence-electron chi connectivity index (χ2n) is 4.74. The Hall–Kier alpha value is -0.730. The van der Waals surface area contributed by atoms with Crippen LogP contribution in [0.5, 0.6) is 0 Å². The fourth-order valence-corrected chi connectivity index (χ4v) is 2.05. The Morgan fingerprint density at radius 2 is 2.14 bits per heavy atom. The van der Waals surface area contributed by atoms with E-state index in [4.69, 9.17) is 5.73 Å². The molecule has 14 heavy (non-hydrogen) atoms. The minimum absolute atomic E-state index is 0.375. The quantitative estimate of drug-likeness (QED) is 0.524. The van der Waals surface area contributed by atoms with Crippen LogP contribution in [0.1, 0.15) is 46.5 Å². The average molecular weight is 197 g/mol. The summed E-state index contributed by atoms with van der Waals surface area (Å²) in [5, 5.41) is 3.13. The van der Waals surface area contributed by atoms with Crippen molar-refractivity contribution in [2.24, 2.45) is 16.6 Å². The molecule has 3 N–H and O–H groups in total. The van der Waals surface area contributed by atoms with Gasteiger partial charge in [-0.3, -0.25) is 4.99 Å². The van der Waals surface area contributed by atoms with E-state index in [2.05, 4.69) is 31.1 Å². The predicted octanol–water partition coefficient (Wildman–Crippen LogP) is 1.88. The number of hydrogen-bond donors (Lipinski definition) is 2. The number of nitrogens with one attached hydrogen (secondary N) is 1. The molecule has 1 rings (SSSR count). The van der Waals surface area contributed by atoms with E-state index in [9.17, 15) is 0 Å². The lowest BCUT2D eigenvalue weighted by Crippen LogP contribution is -2.38. The zero-order valence-corrected chi connectivity index (χ0v) is 9.59. The maximum atomic E-state index is 5.79. The lowest BCUT2D eigenvalue weighted by atomic mass is 9.87. The fourth-order valence-electron chi connectivity index (χ4n) is 2.05. The molecule has 2 unspecified atom stereocenters. The molecule has 0 bridgehead atoms. The van der Waals surface area contributed by atoms with Gasteiger partial charge in [0.1, 0.15) is 0 Å². The van der Waals surface area contributed by atoms with Crippen molar-refractivity contribution in [1.29, 1.82) is 0 Å². The summed E-state index contributed by atoms with van der Waals surface area (Å²) in [4.78, 5) is 4.51. The van der Waals surface area contributed by atoms with Gasteiger partial charge in [0.2, 0.25) is 0 Å². The van der Waals surface area contributed by atoms with E-state index < -0.39 is 0 Å². The highest BCUT2D eigenvalue weighted by molar-refractivity contribution is 5.78. The summed E-state index contributed by atoms with van der Waals surface area (Å²) in [7, 11) is 0. The van der Waals surface area contributed by atoms with Crippen molar-refractivity contribution in [3.8, 4) is 0 Å². The highest BCUT2D eigenvalue weighted by atomic mass is 15.1. The minimum Gasteiger partial charge on any atom is -0.370 e. The third kappa shape index (κ3) is 3.99.